The van der Waals surface area contributed by atoms with Crippen molar-refractivity contribution in [2.75, 3.05) is 5.32 Å². The van der Waals surface area contributed by atoms with Gasteiger partial charge < -0.3 is 14.9 Å². The number of aromatic amines is 2. The number of imidazole rings is 1. The molecule has 0 saturated carbocycles. The molecule has 0 aliphatic carbocycles. The van der Waals surface area contributed by atoms with Crippen LogP contribution in [0.4, 0.5) is 5.69 Å². The molecule has 5 aromatic heterocycles. The van der Waals surface area contributed by atoms with Gasteiger partial charge in [0, 0.05) is 40.3 Å². The second-order valence-corrected chi connectivity index (χ2v) is 9.55. The molecule has 6 rings (SSSR count). The minimum absolute atomic E-state index is 0.793. The highest BCUT2D eigenvalue weighted by molar-refractivity contribution is 5.94. The van der Waals surface area contributed by atoms with E-state index in [9.17, 15) is 0 Å². The first-order valence-electron chi connectivity index (χ1n) is 12.8. The molecule has 6 aromatic rings. The van der Waals surface area contributed by atoms with Gasteiger partial charge in [0.25, 0.3) is 0 Å². The first-order valence-corrected chi connectivity index (χ1v) is 12.8. The van der Waals surface area contributed by atoms with Crippen LogP contribution in [-0.4, -0.2) is 34.7 Å². The summed E-state index contributed by atoms with van der Waals surface area (Å²) in [5.74, 6) is 0. The number of hydrogen-bond acceptors (Lipinski definition) is 5. The van der Waals surface area contributed by atoms with E-state index in [4.69, 9.17) is 0 Å². The quantitative estimate of drug-likeness (QED) is 0.186. The van der Waals surface area contributed by atoms with Crippen LogP contribution in [-0.2, 0) is 0 Å². The third kappa shape index (κ3) is 4.74. The van der Waals surface area contributed by atoms with Gasteiger partial charge in [-0.2, -0.15) is 5.10 Å². The molecule has 0 amide bonds. The zero-order valence-corrected chi connectivity index (χ0v) is 22.3. The summed E-state index contributed by atoms with van der Waals surface area (Å²) >= 11 is 0. The first-order chi connectivity index (χ1) is 19.5. The molecule has 1 aromatic carbocycles. The molecule has 40 heavy (non-hydrogen) atoms. The molecule has 0 bridgehead atoms. The van der Waals surface area contributed by atoms with Gasteiger partial charge in [-0.1, -0.05) is 49.6 Å². The lowest BCUT2D eigenvalue weighted by atomic mass is 10.1. The number of hydrogen-bond donors (Lipinski definition) is 3. The molecule has 8 nitrogen and oxygen atoms in total. The lowest BCUT2D eigenvalue weighted by Gasteiger charge is -2.10. The standard InChI is InChI=1S/C32H28N8/c1-5-9-31(40-18-20(2)35-19-40)26-13-29(37-22(26)4)32-27-14-28(34-17-30(27)38-39-32)24-12-25(16-33-15-24)36-21(3)23-10-7-6-8-11-23/h5-19,36-37H,1,3H2,2,4H3,(H,38,39)/b31-9+. The Morgan fingerprint density at radius 1 is 1.02 bits per heavy atom. The van der Waals surface area contributed by atoms with Crippen LogP contribution in [0.3, 0.4) is 0 Å². The highest BCUT2D eigenvalue weighted by Crippen LogP contribution is 2.32. The number of nitrogens with one attached hydrogen (secondary N) is 3. The van der Waals surface area contributed by atoms with E-state index in [0.717, 1.165) is 73.1 Å². The van der Waals surface area contributed by atoms with Gasteiger partial charge in [0.2, 0.25) is 0 Å². The second kappa shape index (κ2) is 10.3. The summed E-state index contributed by atoms with van der Waals surface area (Å²) in [4.78, 5) is 17.0. The minimum Gasteiger partial charge on any atom is -0.357 e. The zero-order valence-electron chi connectivity index (χ0n) is 22.3. The smallest absolute Gasteiger partial charge is 0.116 e. The second-order valence-electron chi connectivity index (χ2n) is 9.55. The maximum atomic E-state index is 4.68. The van der Waals surface area contributed by atoms with Gasteiger partial charge in [0.05, 0.1) is 52.7 Å². The first kappa shape index (κ1) is 24.8. The molecular weight excluding hydrogens is 496 g/mol. The maximum absolute atomic E-state index is 4.68. The largest absolute Gasteiger partial charge is 0.357 e. The molecule has 0 aliphatic rings. The number of anilines is 1. The molecule has 0 atom stereocenters. The van der Waals surface area contributed by atoms with E-state index >= 15 is 0 Å². The van der Waals surface area contributed by atoms with Gasteiger partial charge in [-0.25, -0.2) is 4.98 Å². The summed E-state index contributed by atoms with van der Waals surface area (Å²) in [6.45, 7) is 12.1. The van der Waals surface area contributed by atoms with E-state index in [1.807, 2.05) is 72.6 Å². The summed E-state index contributed by atoms with van der Waals surface area (Å²) in [6.07, 6.45) is 13.0. The van der Waals surface area contributed by atoms with Crippen LogP contribution in [0.15, 0.2) is 105 Å². The average molecular weight is 525 g/mol. The van der Waals surface area contributed by atoms with Gasteiger partial charge in [-0.3, -0.25) is 15.1 Å². The Morgan fingerprint density at radius 2 is 1.88 bits per heavy atom. The van der Waals surface area contributed by atoms with Gasteiger partial charge >= 0.3 is 0 Å². The Kier molecular flexibility index (Phi) is 6.41. The van der Waals surface area contributed by atoms with Crippen LogP contribution < -0.4 is 5.32 Å². The lowest BCUT2D eigenvalue weighted by molar-refractivity contribution is 1.08. The molecule has 0 spiro atoms. The van der Waals surface area contributed by atoms with Crippen LogP contribution >= 0.6 is 0 Å². The zero-order chi connectivity index (χ0) is 27.6. The molecule has 0 fully saturated rings. The fourth-order valence-corrected chi connectivity index (χ4v) is 4.75. The number of rotatable bonds is 8. The van der Waals surface area contributed by atoms with Crippen molar-refractivity contribution in [2.24, 2.45) is 0 Å². The summed E-state index contributed by atoms with van der Waals surface area (Å²) in [5.41, 5.74) is 10.9. The summed E-state index contributed by atoms with van der Waals surface area (Å²) in [5, 5.41) is 12.1. The van der Waals surface area contributed by atoms with Crippen molar-refractivity contribution in [3.05, 3.63) is 127 Å². The number of aryl methyl sites for hydroxylation is 2. The van der Waals surface area contributed by atoms with Crippen molar-refractivity contribution in [1.29, 1.82) is 0 Å². The number of aromatic nitrogens is 7. The number of pyridine rings is 2. The van der Waals surface area contributed by atoms with Gasteiger partial charge in [-0.15, -0.1) is 0 Å². The van der Waals surface area contributed by atoms with Crippen LogP contribution in [0.25, 0.3) is 44.9 Å². The number of H-pyrrole nitrogens is 2. The van der Waals surface area contributed by atoms with Crippen molar-refractivity contribution in [3.63, 3.8) is 0 Å². The van der Waals surface area contributed by atoms with Crippen molar-refractivity contribution < 1.29 is 0 Å². The highest BCUT2D eigenvalue weighted by Gasteiger charge is 2.17. The summed E-state index contributed by atoms with van der Waals surface area (Å²) < 4.78 is 2.00. The minimum atomic E-state index is 0.793. The van der Waals surface area contributed by atoms with Crippen LogP contribution in [0.5, 0.6) is 0 Å². The normalized spacial score (nSPS) is 11.6. The number of fused-ring (bicyclic) bond motifs is 1. The van der Waals surface area contributed by atoms with Crippen molar-refractivity contribution >= 4 is 28.0 Å². The van der Waals surface area contributed by atoms with Crippen molar-refractivity contribution in [1.82, 2.24) is 34.7 Å². The van der Waals surface area contributed by atoms with E-state index < -0.39 is 0 Å². The van der Waals surface area contributed by atoms with Crippen LogP contribution in [0, 0.1) is 13.8 Å². The van der Waals surface area contributed by atoms with Gasteiger partial charge in [0.1, 0.15) is 5.69 Å². The fraction of sp³-hybridized carbons (Fsp3) is 0.0625. The van der Waals surface area contributed by atoms with Crippen molar-refractivity contribution in [3.8, 4) is 22.6 Å². The average Bonchev–Trinajstić information content (AvgIpc) is 3.70. The Hall–Kier alpha value is -5.50. The maximum Gasteiger partial charge on any atom is 0.116 e. The van der Waals surface area contributed by atoms with Gasteiger partial charge in [-0.05, 0) is 43.7 Å². The molecule has 3 N–H and O–H groups in total. The van der Waals surface area contributed by atoms with E-state index in [-0.39, 0.29) is 0 Å². The summed E-state index contributed by atoms with van der Waals surface area (Å²) in [7, 11) is 0. The molecule has 196 valence electrons. The Morgan fingerprint density at radius 3 is 2.65 bits per heavy atom. The van der Waals surface area contributed by atoms with E-state index in [2.05, 4.69) is 61.6 Å². The molecular formula is C32H28N8. The topological polar surface area (TPSA) is 100 Å². The Labute approximate surface area is 231 Å². The predicted molar refractivity (Wildman–Crippen MR) is 161 cm³/mol. The van der Waals surface area contributed by atoms with E-state index in [1.54, 1.807) is 24.7 Å². The van der Waals surface area contributed by atoms with Crippen LogP contribution in [0.2, 0.25) is 0 Å². The number of nitrogens with zero attached hydrogens (tertiary/aromatic N) is 5. The summed E-state index contributed by atoms with van der Waals surface area (Å²) in [6, 6.07) is 16.2. The van der Waals surface area contributed by atoms with Crippen molar-refractivity contribution in [2.45, 2.75) is 13.8 Å². The molecule has 0 unspecified atom stereocenters. The molecule has 8 heteroatoms. The number of benzene rings is 1. The Bertz CT molecular complexity index is 1880. The molecule has 5 heterocycles. The fourth-order valence-electron chi connectivity index (χ4n) is 4.75. The lowest BCUT2D eigenvalue weighted by Crippen LogP contribution is -1.98. The van der Waals surface area contributed by atoms with Gasteiger partial charge in [0.15, 0.2) is 0 Å². The predicted octanol–water partition coefficient (Wildman–Crippen LogP) is 6.99. The van der Waals surface area contributed by atoms with E-state index in [0.29, 0.717) is 0 Å². The highest BCUT2D eigenvalue weighted by atomic mass is 15.1. The SMILES string of the molecule is C=C/C=C(\c1cc(-c2n[nH]c3cnc(-c4cncc(NC(=C)c5ccccc5)c4)cc23)[nH]c1C)n1cnc(C)c1. The van der Waals surface area contributed by atoms with Crippen LogP contribution in [0.1, 0.15) is 22.5 Å². The third-order valence-corrected chi connectivity index (χ3v) is 6.71. The monoisotopic (exact) mass is 524 g/mol. The van der Waals surface area contributed by atoms with E-state index in [1.165, 1.54) is 0 Å². The molecule has 0 saturated heterocycles. The third-order valence-electron chi connectivity index (χ3n) is 6.71. The number of allylic oxidation sites excluding steroid dienone is 2. The molecule has 0 radical (unpaired) electrons. The molecule has 0 aliphatic heterocycles. The Balaban J connectivity index is 1.34.